The molecule has 4 rings (SSSR count). The molecule has 0 spiro atoms. The van der Waals surface area contributed by atoms with Crippen LogP contribution in [-0.4, -0.2) is 33.0 Å². The molecule has 6 heteroatoms. The lowest BCUT2D eigenvalue weighted by Crippen LogP contribution is -2.12. The van der Waals surface area contributed by atoms with Gasteiger partial charge in [-0.05, 0) is 42.8 Å². The van der Waals surface area contributed by atoms with E-state index < -0.39 is 0 Å². The third kappa shape index (κ3) is 3.89. The maximum absolute atomic E-state index is 12.4. The molecule has 1 N–H and O–H groups in total. The van der Waals surface area contributed by atoms with Gasteiger partial charge >= 0.3 is 0 Å². The zero-order valence-corrected chi connectivity index (χ0v) is 16.8. The number of benzene rings is 1. The van der Waals surface area contributed by atoms with Gasteiger partial charge in [-0.15, -0.1) is 0 Å². The van der Waals surface area contributed by atoms with Crippen LogP contribution in [0.3, 0.4) is 0 Å². The molecule has 0 bridgehead atoms. The summed E-state index contributed by atoms with van der Waals surface area (Å²) in [7, 11) is 1.75. The van der Waals surface area contributed by atoms with Gasteiger partial charge < -0.3 is 9.72 Å². The number of rotatable bonds is 5. The van der Waals surface area contributed by atoms with Crippen LogP contribution in [0.15, 0.2) is 84.8 Å². The van der Waals surface area contributed by atoms with Crippen LogP contribution in [0.25, 0.3) is 16.9 Å². The highest BCUT2D eigenvalue weighted by atomic mass is 16.1. The highest BCUT2D eigenvalue weighted by Gasteiger charge is 2.09. The number of aryl methyl sites for hydroxylation is 1. The second-order valence-corrected chi connectivity index (χ2v) is 6.84. The fraction of sp³-hybridized carbons (Fsp3) is 0.0833. The Morgan fingerprint density at radius 3 is 2.50 bits per heavy atom. The first-order valence-corrected chi connectivity index (χ1v) is 9.50. The molecule has 0 fully saturated rings. The predicted molar refractivity (Wildman–Crippen MR) is 120 cm³/mol. The SMILES string of the molecule is C=CC(=NC)c1ccc(-c2cn3cc(NC(=O)c4ccc(C)nc4)ccc3n2)cc1. The first-order chi connectivity index (χ1) is 14.6. The van der Waals surface area contributed by atoms with Crippen LogP contribution in [0.1, 0.15) is 21.6 Å². The molecule has 3 heterocycles. The molecule has 3 aromatic heterocycles. The van der Waals surface area contributed by atoms with E-state index in [2.05, 4.69) is 26.9 Å². The summed E-state index contributed by atoms with van der Waals surface area (Å²) < 4.78 is 1.90. The van der Waals surface area contributed by atoms with Gasteiger partial charge in [0, 0.05) is 36.9 Å². The van der Waals surface area contributed by atoms with E-state index in [1.807, 2.05) is 66.2 Å². The zero-order chi connectivity index (χ0) is 21.1. The molecule has 1 aromatic carbocycles. The summed E-state index contributed by atoms with van der Waals surface area (Å²) in [6.45, 7) is 5.67. The number of aliphatic imine (C=N–C) groups is 1. The van der Waals surface area contributed by atoms with E-state index >= 15 is 0 Å². The average molecular weight is 395 g/mol. The minimum atomic E-state index is -0.201. The van der Waals surface area contributed by atoms with E-state index in [-0.39, 0.29) is 5.91 Å². The van der Waals surface area contributed by atoms with Gasteiger partial charge in [0.1, 0.15) is 5.65 Å². The quantitative estimate of drug-likeness (QED) is 0.504. The number of carbonyl (C=O) groups is 1. The van der Waals surface area contributed by atoms with Crippen LogP contribution in [0.2, 0.25) is 0 Å². The predicted octanol–water partition coefficient (Wildman–Crippen LogP) is 4.56. The Balaban J connectivity index is 1.57. The number of amides is 1. The standard InChI is InChI=1S/C24H21N5O/c1-4-21(25-3)17-7-9-18(10-8-17)22-15-29-14-20(11-12-23(29)28-22)27-24(30)19-6-5-16(2)26-13-19/h4-15H,1H2,2-3H3,(H,27,30). The van der Waals surface area contributed by atoms with Crippen molar-refractivity contribution in [2.75, 3.05) is 12.4 Å². The van der Waals surface area contributed by atoms with Gasteiger partial charge in [-0.25, -0.2) is 4.98 Å². The van der Waals surface area contributed by atoms with Crippen LogP contribution < -0.4 is 5.32 Å². The fourth-order valence-electron chi connectivity index (χ4n) is 3.16. The van der Waals surface area contributed by atoms with Crippen molar-refractivity contribution in [1.29, 1.82) is 0 Å². The largest absolute Gasteiger partial charge is 0.321 e. The number of imidazole rings is 1. The number of carbonyl (C=O) groups excluding carboxylic acids is 1. The molecule has 0 saturated heterocycles. The van der Waals surface area contributed by atoms with Crippen molar-refractivity contribution >= 4 is 23.0 Å². The summed E-state index contributed by atoms with van der Waals surface area (Å²) in [4.78, 5) is 25.5. The van der Waals surface area contributed by atoms with Gasteiger partial charge in [0.15, 0.2) is 0 Å². The van der Waals surface area contributed by atoms with Crippen molar-refractivity contribution in [3.63, 3.8) is 0 Å². The minimum Gasteiger partial charge on any atom is -0.321 e. The monoisotopic (exact) mass is 395 g/mol. The Morgan fingerprint density at radius 1 is 1.07 bits per heavy atom. The first-order valence-electron chi connectivity index (χ1n) is 9.50. The molecule has 0 radical (unpaired) electrons. The Kier molecular flexibility index (Phi) is 5.22. The maximum Gasteiger partial charge on any atom is 0.257 e. The fourth-order valence-corrected chi connectivity index (χ4v) is 3.16. The number of nitrogens with zero attached hydrogens (tertiary/aromatic N) is 4. The molecular formula is C24H21N5O. The summed E-state index contributed by atoms with van der Waals surface area (Å²) in [6.07, 6.45) is 7.10. The molecule has 1 amide bonds. The number of allylic oxidation sites excluding steroid dienone is 1. The third-order valence-corrected chi connectivity index (χ3v) is 4.79. The number of anilines is 1. The Bertz CT molecular complexity index is 1250. The lowest BCUT2D eigenvalue weighted by Gasteiger charge is -2.05. The topological polar surface area (TPSA) is 71.7 Å². The number of nitrogens with one attached hydrogen (secondary N) is 1. The molecular weight excluding hydrogens is 374 g/mol. The summed E-state index contributed by atoms with van der Waals surface area (Å²) in [6, 6.07) is 15.3. The Hall–Kier alpha value is -4.06. The van der Waals surface area contributed by atoms with Gasteiger partial charge in [0.25, 0.3) is 5.91 Å². The average Bonchev–Trinajstić information content (AvgIpc) is 3.19. The molecule has 4 aromatic rings. The molecule has 148 valence electrons. The highest BCUT2D eigenvalue weighted by Crippen LogP contribution is 2.22. The van der Waals surface area contributed by atoms with E-state index in [9.17, 15) is 4.79 Å². The lowest BCUT2D eigenvalue weighted by molar-refractivity contribution is 0.102. The normalized spacial score (nSPS) is 11.5. The molecule has 0 aliphatic heterocycles. The van der Waals surface area contributed by atoms with E-state index in [0.717, 1.165) is 33.9 Å². The third-order valence-electron chi connectivity index (χ3n) is 4.79. The molecule has 0 unspecified atom stereocenters. The molecule has 0 saturated carbocycles. The van der Waals surface area contributed by atoms with Gasteiger partial charge in [-0.1, -0.05) is 30.8 Å². The molecule has 0 atom stereocenters. The van der Waals surface area contributed by atoms with E-state index in [1.54, 1.807) is 25.4 Å². The number of hydrogen-bond donors (Lipinski definition) is 1. The van der Waals surface area contributed by atoms with Crippen LogP contribution in [-0.2, 0) is 0 Å². The number of fused-ring (bicyclic) bond motifs is 1. The summed E-state index contributed by atoms with van der Waals surface area (Å²) >= 11 is 0. The van der Waals surface area contributed by atoms with Crippen molar-refractivity contribution in [3.05, 3.63) is 96.6 Å². The minimum absolute atomic E-state index is 0.201. The summed E-state index contributed by atoms with van der Waals surface area (Å²) in [5.74, 6) is -0.201. The molecule has 0 aliphatic rings. The zero-order valence-electron chi connectivity index (χ0n) is 16.8. The van der Waals surface area contributed by atoms with Gasteiger partial charge in [-0.2, -0.15) is 0 Å². The van der Waals surface area contributed by atoms with E-state index in [1.165, 1.54) is 0 Å². The van der Waals surface area contributed by atoms with Gasteiger partial charge in [0.05, 0.1) is 22.7 Å². The second-order valence-electron chi connectivity index (χ2n) is 6.84. The van der Waals surface area contributed by atoms with E-state index in [0.29, 0.717) is 11.3 Å². The van der Waals surface area contributed by atoms with Crippen molar-refractivity contribution in [3.8, 4) is 11.3 Å². The van der Waals surface area contributed by atoms with Gasteiger partial charge in [-0.3, -0.25) is 14.8 Å². The van der Waals surface area contributed by atoms with Gasteiger partial charge in [0.2, 0.25) is 0 Å². The van der Waals surface area contributed by atoms with Crippen molar-refractivity contribution < 1.29 is 4.79 Å². The number of hydrogen-bond acceptors (Lipinski definition) is 4. The second kappa shape index (κ2) is 8.13. The highest BCUT2D eigenvalue weighted by molar-refractivity contribution is 6.08. The first kappa shape index (κ1) is 19.3. The smallest absolute Gasteiger partial charge is 0.257 e. The van der Waals surface area contributed by atoms with Crippen molar-refractivity contribution in [2.45, 2.75) is 6.92 Å². The van der Waals surface area contributed by atoms with Crippen molar-refractivity contribution in [1.82, 2.24) is 14.4 Å². The van der Waals surface area contributed by atoms with E-state index in [4.69, 9.17) is 0 Å². The number of pyridine rings is 2. The summed E-state index contributed by atoms with van der Waals surface area (Å²) in [5, 5.41) is 2.90. The lowest BCUT2D eigenvalue weighted by atomic mass is 10.1. The molecule has 6 nitrogen and oxygen atoms in total. The van der Waals surface area contributed by atoms with Crippen LogP contribution in [0.4, 0.5) is 5.69 Å². The Labute approximate surface area is 174 Å². The number of aromatic nitrogens is 3. The van der Waals surface area contributed by atoms with Crippen molar-refractivity contribution in [2.24, 2.45) is 4.99 Å². The summed E-state index contributed by atoms with van der Waals surface area (Å²) in [5.41, 5.74) is 6.57. The van der Waals surface area contributed by atoms with Crippen LogP contribution in [0, 0.1) is 6.92 Å². The Morgan fingerprint density at radius 2 is 1.83 bits per heavy atom. The molecule has 0 aliphatic carbocycles. The van der Waals surface area contributed by atoms with Crippen LogP contribution >= 0.6 is 0 Å². The van der Waals surface area contributed by atoms with Crippen LogP contribution in [0.5, 0.6) is 0 Å². The molecule has 30 heavy (non-hydrogen) atoms. The maximum atomic E-state index is 12.4.